The Bertz CT molecular complexity index is 725. The normalized spacial score (nSPS) is 28.0. The Labute approximate surface area is 148 Å². The third-order valence-corrected chi connectivity index (χ3v) is 5.52. The van der Waals surface area contributed by atoms with Crippen LogP contribution >= 0.6 is 15.9 Å². The minimum Gasteiger partial charge on any atom is -0.391 e. The van der Waals surface area contributed by atoms with Crippen LogP contribution in [0.1, 0.15) is 25.7 Å². The first-order valence-electron chi connectivity index (χ1n) is 8.22. The quantitative estimate of drug-likeness (QED) is 0.801. The van der Waals surface area contributed by atoms with Gasteiger partial charge in [0.15, 0.2) is 0 Å². The van der Waals surface area contributed by atoms with Gasteiger partial charge in [0.05, 0.1) is 29.1 Å². The van der Waals surface area contributed by atoms with Crippen molar-refractivity contribution in [2.45, 2.75) is 49.9 Å². The molecule has 2 heterocycles. The van der Waals surface area contributed by atoms with Gasteiger partial charge in [0, 0.05) is 25.1 Å². The number of nitrogens with one attached hydrogen (secondary N) is 1. The first-order valence-corrected chi connectivity index (χ1v) is 9.01. The van der Waals surface area contributed by atoms with E-state index in [1.807, 2.05) is 17.0 Å². The molecule has 8 heteroatoms. The van der Waals surface area contributed by atoms with Crippen LogP contribution in [0, 0.1) is 5.92 Å². The molecule has 0 spiro atoms. The average molecular weight is 394 g/mol. The molecule has 128 valence electrons. The lowest BCUT2D eigenvalue weighted by atomic mass is 10.1. The zero-order valence-corrected chi connectivity index (χ0v) is 14.8. The molecule has 1 unspecified atom stereocenters. The van der Waals surface area contributed by atoms with Crippen molar-refractivity contribution in [1.82, 2.24) is 24.6 Å². The summed E-state index contributed by atoms with van der Waals surface area (Å²) < 4.78 is 4.62. The maximum Gasteiger partial charge on any atom is 0.248 e. The zero-order chi connectivity index (χ0) is 16.7. The largest absolute Gasteiger partial charge is 0.391 e. The number of aliphatic hydroxyl groups is 1. The van der Waals surface area contributed by atoms with Gasteiger partial charge in [-0.05, 0) is 47.5 Å². The van der Waals surface area contributed by atoms with Crippen LogP contribution in [0.4, 0.5) is 0 Å². The van der Waals surface area contributed by atoms with E-state index >= 15 is 0 Å². The van der Waals surface area contributed by atoms with Gasteiger partial charge in [-0.2, -0.15) is 5.10 Å². The third kappa shape index (κ3) is 2.88. The molecule has 24 heavy (non-hydrogen) atoms. The summed E-state index contributed by atoms with van der Waals surface area (Å²) in [6.45, 7) is 0.820. The number of imidazole rings is 1. The first kappa shape index (κ1) is 15.8. The number of nitrogens with zero attached hydrogens (tertiary/aromatic N) is 4. The molecule has 2 N–H and O–H groups in total. The van der Waals surface area contributed by atoms with E-state index in [1.165, 1.54) is 0 Å². The van der Waals surface area contributed by atoms with Crippen LogP contribution in [0.3, 0.4) is 0 Å². The van der Waals surface area contributed by atoms with Gasteiger partial charge in [0.25, 0.3) is 0 Å². The summed E-state index contributed by atoms with van der Waals surface area (Å²) >= 11 is 3.37. The fourth-order valence-electron chi connectivity index (χ4n) is 3.63. The predicted molar refractivity (Wildman–Crippen MR) is 90.0 cm³/mol. The summed E-state index contributed by atoms with van der Waals surface area (Å²) in [5.74, 6) is 0.305. The summed E-state index contributed by atoms with van der Waals surface area (Å²) in [6.07, 6.45) is 11.5. The molecule has 2 aromatic rings. The van der Waals surface area contributed by atoms with Crippen LogP contribution in [0.25, 0.3) is 0 Å². The highest BCUT2D eigenvalue weighted by Crippen LogP contribution is 2.44. The second-order valence-corrected chi connectivity index (χ2v) is 7.79. The molecule has 2 aromatic heterocycles. The lowest BCUT2D eigenvalue weighted by Crippen LogP contribution is -2.47. The van der Waals surface area contributed by atoms with Gasteiger partial charge in [0.2, 0.25) is 5.91 Å². The Morgan fingerprint density at radius 3 is 2.92 bits per heavy atom. The summed E-state index contributed by atoms with van der Waals surface area (Å²) in [5, 5.41) is 17.7. The Hall–Kier alpha value is -1.67. The maximum atomic E-state index is 12.7. The van der Waals surface area contributed by atoms with Crippen molar-refractivity contribution in [2.75, 3.05) is 0 Å². The van der Waals surface area contributed by atoms with E-state index in [1.54, 1.807) is 23.4 Å². The van der Waals surface area contributed by atoms with E-state index in [9.17, 15) is 9.90 Å². The second kappa shape index (κ2) is 6.00. The van der Waals surface area contributed by atoms with Crippen molar-refractivity contribution >= 4 is 21.8 Å². The van der Waals surface area contributed by atoms with Gasteiger partial charge in [-0.15, -0.1) is 0 Å². The molecule has 0 radical (unpaired) electrons. The van der Waals surface area contributed by atoms with Crippen molar-refractivity contribution in [3.8, 4) is 0 Å². The molecule has 2 saturated carbocycles. The summed E-state index contributed by atoms with van der Waals surface area (Å²) in [6, 6.07) is -0.192. The number of halogens is 1. The Balaban J connectivity index is 1.39. The highest BCUT2D eigenvalue weighted by molar-refractivity contribution is 9.10. The van der Waals surface area contributed by atoms with Gasteiger partial charge < -0.3 is 15.0 Å². The maximum absolute atomic E-state index is 12.7. The van der Waals surface area contributed by atoms with Gasteiger partial charge in [-0.1, -0.05) is 0 Å². The number of amides is 1. The topological polar surface area (TPSA) is 85.0 Å². The molecule has 2 aliphatic carbocycles. The third-order valence-electron chi connectivity index (χ3n) is 5.11. The molecule has 7 nitrogen and oxygen atoms in total. The molecule has 1 amide bonds. The van der Waals surface area contributed by atoms with E-state index in [2.05, 4.69) is 31.3 Å². The van der Waals surface area contributed by atoms with E-state index in [0.717, 1.165) is 30.3 Å². The zero-order valence-electron chi connectivity index (χ0n) is 13.2. The fourth-order valence-corrected chi connectivity index (χ4v) is 3.92. The number of aromatic nitrogens is 4. The standard InChI is InChI=1S/C16H20BrN5O2/c17-12-7-19-22(9-12)16(1-2-16)15(24)20-13-5-11(6-14(13)23)8-21-4-3-18-10-21/h3-4,7,9-11,13-14,23H,1-2,5-6,8H2,(H,20,24)/t11?,13-,14-/m1/s1. The van der Waals surface area contributed by atoms with Gasteiger partial charge in [-0.25, -0.2) is 4.98 Å². The van der Waals surface area contributed by atoms with Crippen LogP contribution in [-0.2, 0) is 16.9 Å². The molecular weight excluding hydrogens is 374 g/mol. The van der Waals surface area contributed by atoms with Crippen molar-refractivity contribution in [3.05, 3.63) is 35.6 Å². The molecule has 0 aromatic carbocycles. The number of hydrogen-bond donors (Lipinski definition) is 2. The van der Waals surface area contributed by atoms with E-state index in [-0.39, 0.29) is 11.9 Å². The smallest absolute Gasteiger partial charge is 0.248 e. The predicted octanol–water partition coefficient (Wildman–Crippen LogP) is 1.29. The highest BCUT2D eigenvalue weighted by atomic mass is 79.9. The minimum absolute atomic E-state index is 0.0366. The first-order chi connectivity index (χ1) is 11.6. The molecule has 4 rings (SSSR count). The second-order valence-electron chi connectivity index (χ2n) is 6.88. The Morgan fingerprint density at radius 2 is 2.29 bits per heavy atom. The summed E-state index contributed by atoms with van der Waals surface area (Å²) in [5.41, 5.74) is -0.575. The average Bonchev–Trinajstić information content (AvgIpc) is 2.85. The van der Waals surface area contributed by atoms with Crippen LogP contribution in [0.2, 0.25) is 0 Å². The van der Waals surface area contributed by atoms with Crippen molar-refractivity contribution in [2.24, 2.45) is 5.92 Å². The van der Waals surface area contributed by atoms with Crippen LogP contribution in [0.15, 0.2) is 35.6 Å². The van der Waals surface area contributed by atoms with E-state index in [0.29, 0.717) is 12.3 Å². The number of rotatable bonds is 5. The van der Waals surface area contributed by atoms with Crippen molar-refractivity contribution in [1.29, 1.82) is 0 Å². The number of carbonyl (C=O) groups excluding carboxylic acids is 1. The SMILES string of the molecule is O=C(N[C@@H]1CC(Cn2ccnc2)C[C@H]1O)C1(n2cc(Br)cn2)CC1. The van der Waals surface area contributed by atoms with Gasteiger partial charge in [-0.3, -0.25) is 9.48 Å². The number of carbonyl (C=O) groups is 1. The summed E-state index contributed by atoms with van der Waals surface area (Å²) in [7, 11) is 0. The number of aliphatic hydroxyl groups excluding tert-OH is 1. The van der Waals surface area contributed by atoms with Crippen molar-refractivity contribution < 1.29 is 9.90 Å². The summed E-state index contributed by atoms with van der Waals surface area (Å²) in [4.78, 5) is 16.8. The lowest BCUT2D eigenvalue weighted by Gasteiger charge is -2.21. The molecule has 3 atom stereocenters. The minimum atomic E-state index is -0.575. The fraction of sp³-hybridized carbons (Fsp3) is 0.562. The molecular formula is C16H20BrN5O2. The van der Waals surface area contributed by atoms with E-state index in [4.69, 9.17) is 0 Å². The van der Waals surface area contributed by atoms with Gasteiger partial charge >= 0.3 is 0 Å². The monoisotopic (exact) mass is 393 g/mol. The van der Waals surface area contributed by atoms with Crippen LogP contribution < -0.4 is 5.32 Å². The lowest BCUT2D eigenvalue weighted by molar-refractivity contribution is -0.127. The Kier molecular flexibility index (Phi) is 3.96. The molecule has 2 fully saturated rings. The molecule has 0 aliphatic heterocycles. The molecule has 2 aliphatic rings. The van der Waals surface area contributed by atoms with Crippen molar-refractivity contribution in [3.63, 3.8) is 0 Å². The van der Waals surface area contributed by atoms with E-state index < -0.39 is 11.6 Å². The highest BCUT2D eigenvalue weighted by Gasteiger charge is 2.53. The number of hydrogen-bond acceptors (Lipinski definition) is 4. The van der Waals surface area contributed by atoms with Crippen LogP contribution in [-0.4, -0.2) is 42.5 Å². The van der Waals surface area contributed by atoms with Gasteiger partial charge in [0.1, 0.15) is 5.54 Å². The molecule has 0 saturated heterocycles. The van der Waals surface area contributed by atoms with Crippen LogP contribution in [0.5, 0.6) is 0 Å². The Morgan fingerprint density at radius 1 is 1.46 bits per heavy atom. The molecule has 0 bridgehead atoms.